The Bertz CT molecular complexity index is 264. The predicted octanol–water partition coefficient (Wildman–Crippen LogP) is 1.94. The number of hydrogen-bond acceptors (Lipinski definition) is 4. The Labute approximate surface area is 74.9 Å². The molecule has 1 aliphatic heterocycles. The molecule has 2 rings (SSSR count). The van der Waals surface area contributed by atoms with Crippen LogP contribution in [0.3, 0.4) is 0 Å². The summed E-state index contributed by atoms with van der Waals surface area (Å²) in [6.45, 7) is 1.03. The van der Waals surface area contributed by atoms with Gasteiger partial charge in [0.25, 0.3) is 0 Å². The fourth-order valence-electron chi connectivity index (χ4n) is 1.26. The van der Waals surface area contributed by atoms with Crippen molar-refractivity contribution in [1.82, 2.24) is 4.98 Å². The molecule has 0 radical (unpaired) electrons. The number of rotatable bonds is 1. The van der Waals surface area contributed by atoms with Crippen molar-refractivity contribution < 1.29 is 0 Å². The van der Waals surface area contributed by atoms with Gasteiger partial charge in [0.15, 0.2) is 0 Å². The van der Waals surface area contributed by atoms with Crippen molar-refractivity contribution in [3.63, 3.8) is 0 Å². The van der Waals surface area contributed by atoms with Crippen LogP contribution in [-0.2, 0) is 6.42 Å². The zero-order chi connectivity index (χ0) is 7.68. The Hall–Kier alpha value is -0.350. The summed E-state index contributed by atoms with van der Waals surface area (Å²) in [5.41, 5.74) is 1.33. The first kappa shape index (κ1) is 7.31. The average molecular weight is 184 g/mol. The van der Waals surface area contributed by atoms with Gasteiger partial charge in [0.05, 0.1) is 0 Å². The molecule has 0 saturated carbocycles. The number of fused-ring (bicyclic) bond motifs is 1. The van der Waals surface area contributed by atoms with Crippen LogP contribution < -0.4 is 4.31 Å². The normalized spacial score (nSPS) is 15.2. The second kappa shape index (κ2) is 2.95. The highest BCUT2D eigenvalue weighted by molar-refractivity contribution is 8.69. The van der Waals surface area contributed by atoms with Gasteiger partial charge >= 0.3 is 0 Å². The number of nitrogens with zero attached hydrogens (tertiary/aromatic N) is 2. The van der Waals surface area contributed by atoms with Gasteiger partial charge in [-0.15, -0.1) is 0 Å². The Balaban J connectivity index is 2.39. The molecule has 1 aliphatic rings. The van der Waals surface area contributed by atoms with Gasteiger partial charge in [-0.3, -0.25) is 4.31 Å². The van der Waals surface area contributed by atoms with Gasteiger partial charge in [-0.05, 0) is 18.1 Å². The zero-order valence-electron chi connectivity index (χ0n) is 5.90. The van der Waals surface area contributed by atoms with Crippen LogP contribution in [0.2, 0.25) is 0 Å². The van der Waals surface area contributed by atoms with Crippen molar-refractivity contribution in [1.29, 1.82) is 0 Å². The summed E-state index contributed by atoms with van der Waals surface area (Å²) >= 11 is 4.14. The molecular formula is C7H8N2S2. The molecule has 0 atom stereocenters. The standard InChI is InChI=1S/C7H8N2S2/c10-11-9-5-3-6-2-1-4-8-7(6)9/h1-2,4,10H,3,5H2. The van der Waals surface area contributed by atoms with Crippen molar-refractivity contribution in [2.45, 2.75) is 6.42 Å². The van der Waals surface area contributed by atoms with E-state index in [-0.39, 0.29) is 0 Å². The first-order valence-electron chi connectivity index (χ1n) is 3.45. The van der Waals surface area contributed by atoms with E-state index >= 15 is 0 Å². The van der Waals surface area contributed by atoms with Crippen LogP contribution in [0, 0.1) is 0 Å². The maximum Gasteiger partial charge on any atom is 0.142 e. The lowest BCUT2D eigenvalue weighted by molar-refractivity contribution is 1.05. The summed E-state index contributed by atoms with van der Waals surface area (Å²) in [6.07, 6.45) is 2.91. The molecule has 58 valence electrons. The molecule has 11 heavy (non-hydrogen) atoms. The molecule has 0 aliphatic carbocycles. The maximum absolute atomic E-state index is 4.27. The number of pyridine rings is 1. The van der Waals surface area contributed by atoms with Crippen molar-refractivity contribution in [3.8, 4) is 0 Å². The van der Waals surface area contributed by atoms with E-state index in [0.29, 0.717) is 0 Å². The molecule has 0 saturated heterocycles. The van der Waals surface area contributed by atoms with E-state index in [4.69, 9.17) is 0 Å². The van der Waals surface area contributed by atoms with Crippen LogP contribution in [0.5, 0.6) is 0 Å². The van der Waals surface area contributed by atoms with Gasteiger partial charge in [-0.2, -0.15) is 0 Å². The highest BCUT2D eigenvalue weighted by Gasteiger charge is 2.18. The van der Waals surface area contributed by atoms with Crippen LogP contribution >= 0.6 is 22.6 Å². The number of thiol groups is 1. The topological polar surface area (TPSA) is 16.1 Å². The SMILES string of the molecule is SSN1CCc2cccnc21. The Morgan fingerprint density at radius 3 is 3.36 bits per heavy atom. The third kappa shape index (κ3) is 1.20. The van der Waals surface area contributed by atoms with Crippen LogP contribution in [-0.4, -0.2) is 11.5 Å². The smallest absolute Gasteiger partial charge is 0.142 e. The van der Waals surface area contributed by atoms with Gasteiger partial charge in [0.2, 0.25) is 0 Å². The van der Waals surface area contributed by atoms with E-state index in [9.17, 15) is 0 Å². The molecule has 0 aromatic carbocycles. The molecule has 4 heteroatoms. The lowest BCUT2D eigenvalue weighted by Crippen LogP contribution is -2.08. The molecule has 0 bridgehead atoms. The van der Waals surface area contributed by atoms with Crippen molar-refractivity contribution in [2.75, 3.05) is 10.8 Å². The van der Waals surface area contributed by atoms with Crippen LogP contribution in [0.15, 0.2) is 18.3 Å². The number of hydrogen-bond donors (Lipinski definition) is 1. The largest absolute Gasteiger partial charge is 0.291 e. The van der Waals surface area contributed by atoms with Crippen LogP contribution in [0.25, 0.3) is 0 Å². The summed E-state index contributed by atoms with van der Waals surface area (Å²) in [7, 11) is 1.44. The van der Waals surface area contributed by atoms with Gasteiger partial charge in [-0.1, -0.05) is 17.7 Å². The summed E-state index contributed by atoms with van der Waals surface area (Å²) in [5, 5.41) is 0. The maximum atomic E-state index is 4.27. The molecule has 0 spiro atoms. The van der Waals surface area contributed by atoms with Gasteiger partial charge in [0.1, 0.15) is 5.82 Å². The first-order chi connectivity index (χ1) is 5.42. The minimum absolute atomic E-state index is 1.03. The van der Waals surface area contributed by atoms with Crippen molar-refractivity contribution in [3.05, 3.63) is 23.9 Å². The highest BCUT2D eigenvalue weighted by atomic mass is 33.1. The number of anilines is 1. The molecule has 0 fully saturated rings. The monoisotopic (exact) mass is 184 g/mol. The van der Waals surface area contributed by atoms with Crippen molar-refractivity contribution >= 4 is 28.5 Å². The minimum atomic E-state index is 1.03. The fraction of sp³-hybridized carbons (Fsp3) is 0.286. The molecule has 2 nitrogen and oxygen atoms in total. The van der Waals surface area contributed by atoms with E-state index in [2.05, 4.69) is 27.0 Å². The number of aromatic nitrogens is 1. The fourth-order valence-corrected chi connectivity index (χ4v) is 2.15. The summed E-state index contributed by atoms with van der Waals surface area (Å²) in [6, 6.07) is 4.10. The van der Waals surface area contributed by atoms with E-state index in [1.54, 1.807) is 0 Å². The summed E-state index contributed by atoms with van der Waals surface area (Å²) in [5.74, 6) is 1.08. The van der Waals surface area contributed by atoms with Crippen molar-refractivity contribution in [2.24, 2.45) is 0 Å². The Morgan fingerprint density at radius 2 is 2.55 bits per heavy atom. The van der Waals surface area contributed by atoms with E-state index < -0.39 is 0 Å². The molecule has 0 amide bonds. The average Bonchev–Trinajstić information content (AvgIpc) is 2.47. The molecule has 0 unspecified atom stereocenters. The van der Waals surface area contributed by atoms with Crippen LogP contribution in [0.4, 0.5) is 5.82 Å². The quantitative estimate of drug-likeness (QED) is 0.408. The summed E-state index contributed by atoms with van der Waals surface area (Å²) in [4.78, 5) is 4.27. The lowest BCUT2D eigenvalue weighted by atomic mass is 10.2. The highest BCUT2D eigenvalue weighted by Crippen LogP contribution is 2.31. The third-order valence-electron chi connectivity index (χ3n) is 1.79. The predicted molar refractivity (Wildman–Crippen MR) is 51.9 cm³/mol. The second-order valence-electron chi connectivity index (χ2n) is 2.42. The molecule has 1 aromatic heterocycles. The molecular weight excluding hydrogens is 176 g/mol. The minimum Gasteiger partial charge on any atom is -0.291 e. The van der Waals surface area contributed by atoms with E-state index in [1.807, 2.05) is 12.3 Å². The van der Waals surface area contributed by atoms with Gasteiger partial charge in [-0.25, -0.2) is 4.98 Å². The third-order valence-corrected chi connectivity index (χ3v) is 2.93. The van der Waals surface area contributed by atoms with E-state index in [1.165, 1.54) is 16.5 Å². The Kier molecular flexibility index (Phi) is 1.96. The summed E-state index contributed by atoms with van der Waals surface area (Å²) < 4.78 is 2.10. The second-order valence-corrected chi connectivity index (χ2v) is 3.51. The molecule has 0 N–H and O–H groups in total. The molecule has 1 aromatic rings. The van der Waals surface area contributed by atoms with Gasteiger partial charge < -0.3 is 0 Å². The van der Waals surface area contributed by atoms with E-state index in [0.717, 1.165) is 18.8 Å². The zero-order valence-corrected chi connectivity index (χ0v) is 7.61. The van der Waals surface area contributed by atoms with Gasteiger partial charge in [0, 0.05) is 23.7 Å². The lowest BCUT2D eigenvalue weighted by Gasteiger charge is -2.11. The first-order valence-corrected chi connectivity index (χ1v) is 5.27. The molecule has 2 heterocycles. The van der Waals surface area contributed by atoms with Crippen LogP contribution in [0.1, 0.15) is 5.56 Å². The Morgan fingerprint density at radius 1 is 1.64 bits per heavy atom.